The minimum atomic E-state index is -0.226. The molecule has 1 amide bonds. The smallest absolute Gasteiger partial charge is 0.222 e. The first-order chi connectivity index (χ1) is 15.9. The number of H-pyrrole nitrogens is 1. The summed E-state index contributed by atoms with van der Waals surface area (Å²) in [5.74, 6) is 0.946. The maximum absolute atomic E-state index is 11.5. The first-order valence-electron chi connectivity index (χ1n) is 11.5. The van der Waals surface area contributed by atoms with Gasteiger partial charge in [0.15, 0.2) is 0 Å². The van der Waals surface area contributed by atoms with Crippen LogP contribution in [0.15, 0.2) is 54.9 Å². The van der Waals surface area contributed by atoms with Crippen LogP contribution in [0.3, 0.4) is 0 Å². The maximum Gasteiger partial charge on any atom is 0.222 e. The summed E-state index contributed by atoms with van der Waals surface area (Å²) < 4.78 is 0. The third kappa shape index (κ3) is 3.97. The number of carbonyl (C=O) groups is 1. The molecule has 1 aromatic carbocycles. The van der Waals surface area contributed by atoms with Crippen molar-refractivity contribution in [1.29, 1.82) is 0 Å². The van der Waals surface area contributed by atoms with Crippen molar-refractivity contribution in [2.75, 3.05) is 18.0 Å². The lowest BCUT2D eigenvalue weighted by molar-refractivity contribution is -0.121. The van der Waals surface area contributed by atoms with Gasteiger partial charge in [-0.1, -0.05) is 19.9 Å². The molecule has 168 valence electrons. The van der Waals surface area contributed by atoms with Gasteiger partial charge in [-0.2, -0.15) is 0 Å². The standard InChI is InChI=1S/C27H29N5O/c1-16(2)25-22-13-18(4-6-23(22)31-26(25)19-8-10-29-17(3)12-19)20-5-7-24(30-14-20)32-11-9-21(15-32)27(28)33/h4-8,10,12-14,16,21,31H,9,11,15H2,1-3H3,(H2,28,33)/t21-/m0/s1. The lowest BCUT2D eigenvalue weighted by atomic mass is 9.94. The number of nitrogens with two attached hydrogens (primary N) is 1. The minimum absolute atomic E-state index is 0.0877. The van der Waals surface area contributed by atoms with E-state index in [9.17, 15) is 4.79 Å². The Labute approximate surface area is 193 Å². The lowest BCUT2D eigenvalue weighted by Crippen LogP contribution is -2.27. The van der Waals surface area contributed by atoms with Gasteiger partial charge in [-0.3, -0.25) is 9.78 Å². The number of aryl methyl sites for hydroxylation is 1. The van der Waals surface area contributed by atoms with Crippen LogP contribution >= 0.6 is 0 Å². The Morgan fingerprint density at radius 1 is 1.09 bits per heavy atom. The number of anilines is 1. The second-order valence-electron chi connectivity index (χ2n) is 9.25. The highest BCUT2D eigenvalue weighted by atomic mass is 16.1. The van der Waals surface area contributed by atoms with Crippen LogP contribution in [0.2, 0.25) is 0 Å². The first-order valence-corrected chi connectivity index (χ1v) is 11.5. The molecule has 0 bridgehead atoms. The summed E-state index contributed by atoms with van der Waals surface area (Å²) in [5.41, 5.74) is 13.5. The van der Waals surface area contributed by atoms with Crippen LogP contribution < -0.4 is 10.6 Å². The van der Waals surface area contributed by atoms with Gasteiger partial charge in [0.1, 0.15) is 5.82 Å². The van der Waals surface area contributed by atoms with E-state index in [1.54, 1.807) is 0 Å². The molecule has 5 rings (SSSR count). The molecule has 0 aliphatic carbocycles. The summed E-state index contributed by atoms with van der Waals surface area (Å²) in [6.45, 7) is 7.94. The molecule has 3 N–H and O–H groups in total. The second-order valence-corrected chi connectivity index (χ2v) is 9.25. The SMILES string of the molecule is Cc1cc(-c2[nH]c3ccc(-c4ccc(N5CC[C@H](C(N)=O)C5)nc4)cc3c2C(C)C)ccn1. The molecular weight excluding hydrogens is 410 g/mol. The van der Waals surface area contributed by atoms with Crippen molar-refractivity contribution < 1.29 is 4.79 Å². The third-order valence-electron chi connectivity index (χ3n) is 6.60. The van der Waals surface area contributed by atoms with Crippen molar-refractivity contribution >= 4 is 22.6 Å². The normalized spacial score (nSPS) is 16.1. The Morgan fingerprint density at radius 3 is 2.58 bits per heavy atom. The highest BCUT2D eigenvalue weighted by Crippen LogP contribution is 2.37. The van der Waals surface area contributed by atoms with Gasteiger partial charge in [-0.05, 0) is 66.8 Å². The Hall–Kier alpha value is -3.67. The largest absolute Gasteiger partial charge is 0.369 e. The zero-order valence-electron chi connectivity index (χ0n) is 19.3. The summed E-state index contributed by atoms with van der Waals surface area (Å²) in [6, 6.07) is 14.9. The highest BCUT2D eigenvalue weighted by Gasteiger charge is 2.27. The Morgan fingerprint density at radius 2 is 1.91 bits per heavy atom. The van der Waals surface area contributed by atoms with E-state index in [2.05, 4.69) is 65.1 Å². The molecule has 4 heterocycles. The Kier molecular flexibility index (Phi) is 5.36. The maximum atomic E-state index is 11.5. The number of nitrogens with one attached hydrogen (secondary N) is 1. The highest BCUT2D eigenvalue weighted by molar-refractivity contribution is 5.94. The molecule has 1 aliphatic heterocycles. The topological polar surface area (TPSA) is 87.9 Å². The van der Waals surface area contributed by atoms with Gasteiger partial charge in [0.2, 0.25) is 5.91 Å². The molecule has 33 heavy (non-hydrogen) atoms. The van der Waals surface area contributed by atoms with Gasteiger partial charge in [0, 0.05) is 53.2 Å². The predicted molar refractivity (Wildman–Crippen MR) is 133 cm³/mol. The number of carbonyl (C=O) groups excluding carboxylic acids is 1. The van der Waals surface area contributed by atoms with Gasteiger partial charge in [-0.25, -0.2) is 4.98 Å². The van der Waals surface area contributed by atoms with Gasteiger partial charge < -0.3 is 15.6 Å². The molecule has 4 aromatic rings. The Balaban J connectivity index is 1.49. The van der Waals surface area contributed by atoms with Crippen molar-refractivity contribution in [1.82, 2.24) is 15.0 Å². The number of primary amides is 1. The van der Waals surface area contributed by atoms with E-state index >= 15 is 0 Å². The van der Waals surface area contributed by atoms with Crippen molar-refractivity contribution in [3.63, 3.8) is 0 Å². The number of hydrogen-bond donors (Lipinski definition) is 2. The molecule has 0 unspecified atom stereocenters. The molecular formula is C27H29N5O. The number of nitrogens with zero attached hydrogens (tertiary/aromatic N) is 3. The molecule has 0 spiro atoms. The summed E-state index contributed by atoms with van der Waals surface area (Å²) >= 11 is 0. The lowest BCUT2D eigenvalue weighted by Gasteiger charge is -2.17. The monoisotopic (exact) mass is 439 g/mol. The number of pyridine rings is 2. The number of benzene rings is 1. The average Bonchev–Trinajstić information content (AvgIpc) is 3.44. The number of amides is 1. The molecule has 1 fully saturated rings. The molecule has 1 saturated heterocycles. The average molecular weight is 440 g/mol. The minimum Gasteiger partial charge on any atom is -0.369 e. The number of fused-ring (bicyclic) bond motifs is 1. The van der Waals surface area contributed by atoms with E-state index in [0.717, 1.165) is 52.4 Å². The zero-order chi connectivity index (χ0) is 23.1. The molecule has 1 atom stereocenters. The van der Waals surface area contributed by atoms with Crippen LogP contribution in [0.25, 0.3) is 33.3 Å². The molecule has 3 aromatic heterocycles. The van der Waals surface area contributed by atoms with E-state index in [4.69, 9.17) is 10.7 Å². The number of hydrogen-bond acceptors (Lipinski definition) is 4. The summed E-state index contributed by atoms with van der Waals surface area (Å²) in [7, 11) is 0. The van der Waals surface area contributed by atoms with E-state index in [1.165, 1.54) is 10.9 Å². The third-order valence-corrected chi connectivity index (χ3v) is 6.60. The first kappa shape index (κ1) is 21.2. The fourth-order valence-corrected chi connectivity index (χ4v) is 4.87. The Bertz CT molecular complexity index is 1320. The van der Waals surface area contributed by atoms with Gasteiger partial charge in [0.25, 0.3) is 0 Å². The number of aromatic amines is 1. The predicted octanol–water partition coefficient (Wildman–Crippen LogP) is 5.04. The van der Waals surface area contributed by atoms with Gasteiger partial charge in [0.05, 0.1) is 11.6 Å². The second kappa shape index (κ2) is 8.35. The van der Waals surface area contributed by atoms with Gasteiger partial charge >= 0.3 is 0 Å². The number of aromatic nitrogens is 3. The van der Waals surface area contributed by atoms with Crippen molar-refractivity contribution in [2.45, 2.75) is 33.1 Å². The molecule has 1 aliphatic rings. The van der Waals surface area contributed by atoms with Crippen LogP contribution in [0.5, 0.6) is 0 Å². The molecule has 0 radical (unpaired) electrons. The summed E-state index contributed by atoms with van der Waals surface area (Å²) in [6.07, 6.45) is 4.58. The van der Waals surface area contributed by atoms with E-state index in [1.807, 2.05) is 25.4 Å². The molecule has 6 heteroatoms. The van der Waals surface area contributed by atoms with E-state index in [-0.39, 0.29) is 11.8 Å². The van der Waals surface area contributed by atoms with Crippen molar-refractivity contribution in [3.8, 4) is 22.4 Å². The molecule has 6 nitrogen and oxygen atoms in total. The van der Waals surface area contributed by atoms with Crippen LogP contribution in [-0.2, 0) is 4.79 Å². The van der Waals surface area contributed by atoms with Gasteiger partial charge in [-0.15, -0.1) is 0 Å². The van der Waals surface area contributed by atoms with E-state index in [0.29, 0.717) is 12.5 Å². The quantitative estimate of drug-likeness (QED) is 0.456. The van der Waals surface area contributed by atoms with Crippen molar-refractivity contribution in [2.24, 2.45) is 11.7 Å². The van der Waals surface area contributed by atoms with Crippen LogP contribution in [0.4, 0.5) is 5.82 Å². The summed E-state index contributed by atoms with van der Waals surface area (Å²) in [4.78, 5) is 26.3. The van der Waals surface area contributed by atoms with E-state index < -0.39 is 0 Å². The van der Waals surface area contributed by atoms with Crippen LogP contribution in [0.1, 0.15) is 37.4 Å². The number of rotatable bonds is 5. The molecule has 0 saturated carbocycles. The van der Waals surface area contributed by atoms with Crippen molar-refractivity contribution in [3.05, 3.63) is 66.1 Å². The summed E-state index contributed by atoms with van der Waals surface area (Å²) in [5, 5.41) is 1.24. The fraction of sp³-hybridized carbons (Fsp3) is 0.296. The van der Waals surface area contributed by atoms with Crippen LogP contribution in [-0.4, -0.2) is 33.9 Å². The fourth-order valence-electron chi connectivity index (χ4n) is 4.87. The van der Waals surface area contributed by atoms with Crippen LogP contribution in [0, 0.1) is 12.8 Å². The zero-order valence-corrected chi connectivity index (χ0v) is 19.3.